The second-order valence-electron chi connectivity index (χ2n) is 2.79. The van der Waals surface area contributed by atoms with Crippen molar-refractivity contribution in [3.63, 3.8) is 0 Å². The van der Waals surface area contributed by atoms with Crippen molar-refractivity contribution >= 4 is 27.3 Å². The largest absolute Gasteiger partial charge is 0.312 e. The molecular formula is C9H14BrNS. The maximum Gasteiger partial charge on any atom is 0.0314 e. The Morgan fingerprint density at radius 2 is 2.33 bits per heavy atom. The highest BCUT2D eigenvalue weighted by atomic mass is 79.9. The molecule has 0 aliphatic carbocycles. The van der Waals surface area contributed by atoms with Gasteiger partial charge in [0.1, 0.15) is 0 Å². The van der Waals surface area contributed by atoms with E-state index in [1.807, 2.05) is 11.3 Å². The van der Waals surface area contributed by atoms with Gasteiger partial charge in [-0.15, -0.1) is 11.3 Å². The first kappa shape index (κ1) is 10.2. The number of nitrogens with one attached hydrogen (secondary N) is 1. The molecule has 1 aromatic heterocycles. The zero-order valence-electron chi connectivity index (χ0n) is 7.48. The van der Waals surface area contributed by atoms with Gasteiger partial charge in [0.15, 0.2) is 0 Å². The topological polar surface area (TPSA) is 12.0 Å². The van der Waals surface area contributed by atoms with Crippen LogP contribution >= 0.6 is 27.3 Å². The van der Waals surface area contributed by atoms with Gasteiger partial charge in [0, 0.05) is 20.8 Å². The first-order valence-corrected chi connectivity index (χ1v) is 5.80. The first-order chi connectivity index (χ1) is 5.74. The number of halogens is 1. The molecule has 1 heterocycles. The van der Waals surface area contributed by atoms with Gasteiger partial charge in [0.25, 0.3) is 0 Å². The molecule has 1 N–H and O–H groups in total. The third-order valence-corrected chi connectivity index (χ3v) is 3.77. The third-order valence-electron chi connectivity index (χ3n) is 1.63. The highest BCUT2D eigenvalue weighted by molar-refractivity contribution is 9.10. The number of hydrogen-bond acceptors (Lipinski definition) is 2. The van der Waals surface area contributed by atoms with E-state index in [2.05, 4.69) is 41.2 Å². The molecule has 0 bridgehead atoms. The summed E-state index contributed by atoms with van der Waals surface area (Å²) in [5.74, 6) is 0. The Morgan fingerprint density at radius 1 is 1.58 bits per heavy atom. The summed E-state index contributed by atoms with van der Waals surface area (Å²) in [6.45, 7) is 6.43. The van der Waals surface area contributed by atoms with E-state index in [1.54, 1.807) is 0 Å². The van der Waals surface area contributed by atoms with Gasteiger partial charge < -0.3 is 5.32 Å². The Hall–Kier alpha value is 0.140. The van der Waals surface area contributed by atoms with Crippen LogP contribution in [0.1, 0.15) is 23.1 Å². The molecule has 0 radical (unpaired) electrons. The van der Waals surface area contributed by atoms with Crippen molar-refractivity contribution in [1.82, 2.24) is 5.32 Å². The molecule has 1 aromatic rings. The SMILES string of the molecule is CCCNCc1cc(Br)c(C)s1. The van der Waals surface area contributed by atoms with Crippen LogP contribution in [0.2, 0.25) is 0 Å². The lowest BCUT2D eigenvalue weighted by atomic mass is 10.4. The van der Waals surface area contributed by atoms with Crippen molar-refractivity contribution in [3.05, 3.63) is 20.3 Å². The second kappa shape index (κ2) is 5.00. The summed E-state index contributed by atoms with van der Waals surface area (Å²) in [4.78, 5) is 2.77. The normalized spacial score (nSPS) is 10.6. The number of thiophene rings is 1. The molecular weight excluding hydrogens is 234 g/mol. The Labute approximate surface area is 86.3 Å². The summed E-state index contributed by atoms with van der Waals surface area (Å²) in [5.41, 5.74) is 0. The fraction of sp³-hybridized carbons (Fsp3) is 0.556. The minimum Gasteiger partial charge on any atom is -0.312 e. The first-order valence-electron chi connectivity index (χ1n) is 4.19. The molecule has 0 aliphatic rings. The summed E-state index contributed by atoms with van der Waals surface area (Å²) in [7, 11) is 0. The van der Waals surface area contributed by atoms with E-state index in [-0.39, 0.29) is 0 Å². The van der Waals surface area contributed by atoms with E-state index in [4.69, 9.17) is 0 Å². The Morgan fingerprint density at radius 3 is 2.83 bits per heavy atom. The van der Waals surface area contributed by atoms with Crippen LogP contribution in [-0.4, -0.2) is 6.54 Å². The molecule has 3 heteroatoms. The summed E-state index contributed by atoms with van der Waals surface area (Å²) in [6.07, 6.45) is 1.20. The molecule has 0 saturated carbocycles. The summed E-state index contributed by atoms with van der Waals surface area (Å²) >= 11 is 5.36. The van der Waals surface area contributed by atoms with Gasteiger partial charge in [0.2, 0.25) is 0 Å². The van der Waals surface area contributed by atoms with Crippen LogP contribution in [-0.2, 0) is 6.54 Å². The van der Waals surface area contributed by atoms with Crippen LogP contribution in [0.15, 0.2) is 10.5 Å². The van der Waals surface area contributed by atoms with Crippen LogP contribution in [0.3, 0.4) is 0 Å². The highest BCUT2D eigenvalue weighted by Gasteiger charge is 2.00. The monoisotopic (exact) mass is 247 g/mol. The molecule has 0 fully saturated rings. The lowest BCUT2D eigenvalue weighted by Gasteiger charge is -1.98. The van der Waals surface area contributed by atoms with Gasteiger partial charge >= 0.3 is 0 Å². The van der Waals surface area contributed by atoms with Crippen LogP contribution < -0.4 is 5.32 Å². The fourth-order valence-corrected chi connectivity index (χ4v) is 2.56. The van der Waals surface area contributed by atoms with E-state index >= 15 is 0 Å². The Kier molecular flexibility index (Phi) is 4.26. The molecule has 1 rings (SSSR count). The zero-order chi connectivity index (χ0) is 8.97. The van der Waals surface area contributed by atoms with Crippen molar-refractivity contribution in [2.45, 2.75) is 26.8 Å². The molecule has 0 saturated heterocycles. The van der Waals surface area contributed by atoms with Crippen LogP contribution in [0.25, 0.3) is 0 Å². The minimum atomic E-state index is 1.00. The smallest absolute Gasteiger partial charge is 0.0314 e. The molecule has 1 nitrogen and oxygen atoms in total. The number of hydrogen-bond donors (Lipinski definition) is 1. The van der Waals surface area contributed by atoms with Crippen LogP contribution in [0, 0.1) is 6.92 Å². The average molecular weight is 248 g/mol. The van der Waals surface area contributed by atoms with Crippen molar-refractivity contribution < 1.29 is 0 Å². The van der Waals surface area contributed by atoms with E-state index in [0.717, 1.165) is 13.1 Å². The summed E-state index contributed by atoms with van der Waals surface area (Å²) in [6, 6.07) is 2.20. The van der Waals surface area contributed by atoms with Gasteiger partial charge in [-0.1, -0.05) is 6.92 Å². The van der Waals surface area contributed by atoms with Crippen molar-refractivity contribution in [2.75, 3.05) is 6.54 Å². The Bertz CT molecular complexity index is 225. The lowest BCUT2D eigenvalue weighted by Crippen LogP contribution is -2.12. The molecule has 0 atom stereocenters. The van der Waals surface area contributed by atoms with Gasteiger partial charge in [0.05, 0.1) is 0 Å². The number of aryl methyl sites for hydroxylation is 1. The molecule has 0 aromatic carbocycles. The highest BCUT2D eigenvalue weighted by Crippen LogP contribution is 2.25. The van der Waals surface area contributed by atoms with Crippen LogP contribution in [0.5, 0.6) is 0 Å². The molecule has 68 valence electrons. The van der Waals surface area contributed by atoms with Gasteiger partial charge in [-0.2, -0.15) is 0 Å². The second-order valence-corrected chi connectivity index (χ2v) is 4.99. The predicted octanol–water partition coefficient (Wildman–Crippen LogP) is 3.32. The maximum absolute atomic E-state index is 3.51. The maximum atomic E-state index is 3.51. The quantitative estimate of drug-likeness (QED) is 0.806. The van der Waals surface area contributed by atoms with E-state index < -0.39 is 0 Å². The average Bonchev–Trinajstić information content (AvgIpc) is 2.32. The third kappa shape index (κ3) is 2.88. The van der Waals surface area contributed by atoms with Gasteiger partial charge in [-0.3, -0.25) is 0 Å². The van der Waals surface area contributed by atoms with E-state index in [9.17, 15) is 0 Å². The van der Waals surface area contributed by atoms with Crippen molar-refractivity contribution in [3.8, 4) is 0 Å². The van der Waals surface area contributed by atoms with Crippen LogP contribution in [0.4, 0.5) is 0 Å². The standard InChI is InChI=1S/C9H14BrNS/c1-3-4-11-6-8-5-9(10)7(2)12-8/h5,11H,3-4,6H2,1-2H3. The van der Waals surface area contributed by atoms with Crippen molar-refractivity contribution in [1.29, 1.82) is 0 Å². The fourth-order valence-electron chi connectivity index (χ4n) is 0.993. The summed E-state index contributed by atoms with van der Waals surface area (Å²) in [5, 5.41) is 3.38. The van der Waals surface area contributed by atoms with Gasteiger partial charge in [-0.05, 0) is 41.9 Å². The van der Waals surface area contributed by atoms with Crippen molar-refractivity contribution in [2.24, 2.45) is 0 Å². The van der Waals surface area contributed by atoms with E-state index in [1.165, 1.54) is 20.6 Å². The minimum absolute atomic E-state index is 1.00. The van der Waals surface area contributed by atoms with Gasteiger partial charge in [-0.25, -0.2) is 0 Å². The lowest BCUT2D eigenvalue weighted by molar-refractivity contribution is 0.681. The zero-order valence-corrected chi connectivity index (χ0v) is 9.89. The molecule has 0 unspecified atom stereocenters. The Balaban J connectivity index is 2.42. The molecule has 12 heavy (non-hydrogen) atoms. The summed E-state index contributed by atoms with van der Waals surface area (Å²) < 4.78 is 1.24. The molecule has 0 amide bonds. The molecule has 0 aliphatic heterocycles. The number of rotatable bonds is 4. The predicted molar refractivity (Wildman–Crippen MR) is 58.8 cm³/mol. The van der Waals surface area contributed by atoms with E-state index in [0.29, 0.717) is 0 Å². The molecule has 0 spiro atoms.